The van der Waals surface area contributed by atoms with Crippen molar-refractivity contribution >= 4 is 0 Å². The van der Waals surface area contributed by atoms with E-state index < -0.39 is 0 Å². The van der Waals surface area contributed by atoms with E-state index in [4.69, 9.17) is 4.74 Å². The fourth-order valence-corrected chi connectivity index (χ4v) is 1.88. The summed E-state index contributed by atoms with van der Waals surface area (Å²) in [6.45, 7) is 8.19. The smallest absolute Gasteiger partial charge is 0.122 e. The maximum Gasteiger partial charge on any atom is 0.122 e. The first-order valence-electron chi connectivity index (χ1n) is 5.84. The highest BCUT2D eigenvalue weighted by molar-refractivity contribution is 5.42. The Balaban J connectivity index is 3.10. The van der Waals surface area contributed by atoms with Crippen LogP contribution in [0, 0.1) is 19.8 Å². The number of methoxy groups -OCH3 is 1. The fourth-order valence-electron chi connectivity index (χ4n) is 1.88. The van der Waals surface area contributed by atoms with E-state index in [9.17, 15) is 5.11 Å². The molecule has 2 atom stereocenters. The quantitative estimate of drug-likeness (QED) is 0.846. The van der Waals surface area contributed by atoms with Gasteiger partial charge in [0.25, 0.3) is 0 Å². The van der Waals surface area contributed by atoms with Crippen LogP contribution in [-0.4, -0.2) is 12.2 Å². The Morgan fingerprint density at radius 3 is 2.38 bits per heavy atom. The largest absolute Gasteiger partial charge is 0.496 e. The van der Waals surface area contributed by atoms with Crippen LogP contribution in [0.1, 0.15) is 43.1 Å². The van der Waals surface area contributed by atoms with Crippen molar-refractivity contribution < 1.29 is 9.84 Å². The first-order chi connectivity index (χ1) is 7.51. The van der Waals surface area contributed by atoms with E-state index in [2.05, 4.69) is 13.8 Å². The molecule has 0 spiro atoms. The van der Waals surface area contributed by atoms with Crippen molar-refractivity contribution in [2.24, 2.45) is 5.92 Å². The SMILES string of the molecule is CCC(C)C(O)c1cc(C)c(OC)cc1C. The van der Waals surface area contributed by atoms with Gasteiger partial charge in [-0.2, -0.15) is 0 Å². The van der Waals surface area contributed by atoms with E-state index >= 15 is 0 Å². The predicted octanol–water partition coefficient (Wildman–Crippen LogP) is 3.39. The van der Waals surface area contributed by atoms with Crippen molar-refractivity contribution in [1.29, 1.82) is 0 Å². The molecule has 0 aliphatic carbocycles. The van der Waals surface area contributed by atoms with Crippen LogP contribution in [0.4, 0.5) is 0 Å². The van der Waals surface area contributed by atoms with Gasteiger partial charge in [0.15, 0.2) is 0 Å². The normalized spacial score (nSPS) is 14.6. The number of hydrogen-bond donors (Lipinski definition) is 1. The highest BCUT2D eigenvalue weighted by Crippen LogP contribution is 2.31. The predicted molar refractivity (Wildman–Crippen MR) is 66.9 cm³/mol. The van der Waals surface area contributed by atoms with Crippen LogP contribution >= 0.6 is 0 Å². The molecule has 1 aromatic rings. The third-order valence-electron chi connectivity index (χ3n) is 3.29. The Hall–Kier alpha value is -1.02. The molecule has 2 nitrogen and oxygen atoms in total. The number of aryl methyl sites for hydroxylation is 2. The molecule has 0 radical (unpaired) electrons. The first-order valence-corrected chi connectivity index (χ1v) is 5.84. The summed E-state index contributed by atoms with van der Waals surface area (Å²) in [5.74, 6) is 1.17. The fraction of sp³-hybridized carbons (Fsp3) is 0.571. The van der Waals surface area contributed by atoms with Gasteiger partial charge in [-0.05, 0) is 48.6 Å². The summed E-state index contributed by atoms with van der Waals surface area (Å²) >= 11 is 0. The van der Waals surface area contributed by atoms with E-state index in [1.807, 2.05) is 26.0 Å². The highest BCUT2D eigenvalue weighted by atomic mass is 16.5. The molecule has 0 heterocycles. The zero-order valence-electron chi connectivity index (χ0n) is 10.9. The minimum atomic E-state index is -0.380. The topological polar surface area (TPSA) is 29.5 Å². The second-order valence-electron chi connectivity index (χ2n) is 4.51. The van der Waals surface area contributed by atoms with Gasteiger partial charge >= 0.3 is 0 Å². The molecule has 0 aromatic heterocycles. The average molecular weight is 222 g/mol. The molecule has 2 unspecified atom stereocenters. The molecule has 1 aromatic carbocycles. The number of hydrogen-bond acceptors (Lipinski definition) is 2. The monoisotopic (exact) mass is 222 g/mol. The van der Waals surface area contributed by atoms with E-state index in [1.54, 1.807) is 7.11 Å². The molecule has 1 rings (SSSR count). The van der Waals surface area contributed by atoms with Crippen LogP contribution in [-0.2, 0) is 0 Å². The lowest BCUT2D eigenvalue weighted by Gasteiger charge is -2.21. The highest BCUT2D eigenvalue weighted by Gasteiger charge is 2.17. The van der Waals surface area contributed by atoms with Crippen molar-refractivity contribution in [3.05, 3.63) is 28.8 Å². The van der Waals surface area contributed by atoms with E-state index in [0.717, 1.165) is 28.9 Å². The minimum Gasteiger partial charge on any atom is -0.496 e. The van der Waals surface area contributed by atoms with Gasteiger partial charge < -0.3 is 9.84 Å². The number of ether oxygens (including phenoxy) is 1. The molecule has 0 bridgehead atoms. The summed E-state index contributed by atoms with van der Waals surface area (Å²) < 4.78 is 5.27. The molecule has 0 aliphatic rings. The summed E-state index contributed by atoms with van der Waals surface area (Å²) in [4.78, 5) is 0. The summed E-state index contributed by atoms with van der Waals surface area (Å²) in [5, 5.41) is 10.2. The second kappa shape index (κ2) is 5.35. The third kappa shape index (κ3) is 2.56. The summed E-state index contributed by atoms with van der Waals surface area (Å²) in [7, 11) is 1.67. The molecule has 16 heavy (non-hydrogen) atoms. The lowest BCUT2D eigenvalue weighted by Crippen LogP contribution is -2.10. The second-order valence-corrected chi connectivity index (χ2v) is 4.51. The van der Waals surface area contributed by atoms with Crippen LogP contribution in [0.5, 0.6) is 5.75 Å². The van der Waals surface area contributed by atoms with Crippen LogP contribution in [0.15, 0.2) is 12.1 Å². The Morgan fingerprint density at radius 1 is 1.25 bits per heavy atom. The Morgan fingerprint density at radius 2 is 1.88 bits per heavy atom. The number of aliphatic hydroxyl groups is 1. The summed E-state index contributed by atoms with van der Waals surface area (Å²) in [6, 6.07) is 4.03. The molecule has 0 saturated carbocycles. The van der Waals surface area contributed by atoms with Crippen molar-refractivity contribution in [1.82, 2.24) is 0 Å². The van der Waals surface area contributed by atoms with Crippen LogP contribution in [0.3, 0.4) is 0 Å². The zero-order chi connectivity index (χ0) is 12.3. The van der Waals surface area contributed by atoms with Gasteiger partial charge in [-0.3, -0.25) is 0 Å². The first kappa shape index (κ1) is 13.0. The van der Waals surface area contributed by atoms with Crippen molar-refractivity contribution in [2.45, 2.75) is 40.2 Å². The average Bonchev–Trinajstić information content (AvgIpc) is 2.29. The maximum atomic E-state index is 10.2. The number of benzene rings is 1. The third-order valence-corrected chi connectivity index (χ3v) is 3.29. The Kier molecular flexibility index (Phi) is 4.36. The minimum absolute atomic E-state index is 0.284. The molecule has 0 fully saturated rings. The van der Waals surface area contributed by atoms with Crippen molar-refractivity contribution in [3.63, 3.8) is 0 Å². The molecule has 2 heteroatoms. The van der Waals surface area contributed by atoms with Gasteiger partial charge in [-0.1, -0.05) is 20.3 Å². The standard InChI is InChI=1S/C14H22O2/c1-6-9(2)14(15)12-7-11(4)13(16-5)8-10(12)3/h7-9,14-15H,6H2,1-5H3. The maximum absolute atomic E-state index is 10.2. The molecule has 1 N–H and O–H groups in total. The lowest BCUT2D eigenvalue weighted by molar-refractivity contribution is 0.115. The van der Waals surface area contributed by atoms with Gasteiger partial charge in [0.2, 0.25) is 0 Å². The van der Waals surface area contributed by atoms with E-state index in [0.29, 0.717) is 0 Å². The van der Waals surface area contributed by atoms with E-state index in [1.165, 1.54) is 0 Å². The lowest BCUT2D eigenvalue weighted by atomic mass is 9.91. The van der Waals surface area contributed by atoms with Gasteiger partial charge in [0, 0.05) is 0 Å². The van der Waals surface area contributed by atoms with Gasteiger partial charge in [-0.25, -0.2) is 0 Å². The molecular formula is C14H22O2. The van der Waals surface area contributed by atoms with E-state index in [-0.39, 0.29) is 12.0 Å². The number of aliphatic hydroxyl groups excluding tert-OH is 1. The van der Waals surface area contributed by atoms with Gasteiger partial charge in [0.05, 0.1) is 13.2 Å². The number of rotatable bonds is 4. The summed E-state index contributed by atoms with van der Waals surface area (Å²) in [6.07, 6.45) is 0.598. The Bertz CT molecular complexity index is 358. The van der Waals surface area contributed by atoms with Crippen LogP contribution in [0.2, 0.25) is 0 Å². The summed E-state index contributed by atoms with van der Waals surface area (Å²) in [5.41, 5.74) is 3.19. The van der Waals surface area contributed by atoms with Gasteiger partial charge in [-0.15, -0.1) is 0 Å². The van der Waals surface area contributed by atoms with Crippen LogP contribution in [0.25, 0.3) is 0 Å². The molecule has 0 amide bonds. The molecule has 0 saturated heterocycles. The Labute approximate surface area is 98.3 Å². The van der Waals surface area contributed by atoms with Crippen LogP contribution < -0.4 is 4.74 Å². The zero-order valence-corrected chi connectivity index (χ0v) is 10.9. The molecule has 0 aliphatic heterocycles. The molecule has 90 valence electrons. The molecular weight excluding hydrogens is 200 g/mol. The van der Waals surface area contributed by atoms with Crippen molar-refractivity contribution in [3.8, 4) is 5.75 Å². The van der Waals surface area contributed by atoms with Crippen molar-refractivity contribution in [2.75, 3.05) is 7.11 Å². The van der Waals surface area contributed by atoms with Gasteiger partial charge in [0.1, 0.15) is 5.75 Å².